The molecule has 2 unspecified atom stereocenters. The molecule has 12 heavy (non-hydrogen) atoms. The molecule has 0 aromatic carbocycles. The standard InChI is InChI=1S/C6H10F2N2.2ClH/c7-5-1-2-6(8,10-5)4-9-3-5;;/h9-10H,1-4H2;2*1H. The van der Waals surface area contributed by atoms with E-state index in [1.54, 1.807) is 0 Å². The maximum atomic E-state index is 13.2. The average molecular weight is 221 g/mol. The van der Waals surface area contributed by atoms with Crippen molar-refractivity contribution in [2.75, 3.05) is 13.1 Å². The highest BCUT2D eigenvalue weighted by molar-refractivity contribution is 5.85. The lowest BCUT2D eigenvalue weighted by molar-refractivity contribution is 0.0294. The van der Waals surface area contributed by atoms with Crippen LogP contribution in [0.2, 0.25) is 0 Å². The lowest BCUT2D eigenvalue weighted by Gasteiger charge is -2.31. The van der Waals surface area contributed by atoms with Gasteiger partial charge in [-0.3, -0.25) is 5.32 Å². The van der Waals surface area contributed by atoms with Crippen molar-refractivity contribution in [3.05, 3.63) is 0 Å². The number of hydrogen-bond acceptors (Lipinski definition) is 2. The van der Waals surface area contributed by atoms with Gasteiger partial charge in [0.15, 0.2) is 11.6 Å². The van der Waals surface area contributed by atoms with E-state index in [-0.39, 0.29) is 50.7 Å². The van der Waals surface area contributed by atoms with Gasteiger partial charge in [-0.05, 0) is 0 Å². The molecule has 2 heterocycles. The second kappa shape index (κ2) is 3.62. The fourth-order valence-corrected chi connectivity index (χ4v) is 1.65. The minimum absolute atomic E-state index is 0. The van der Waals surface area contributed by atoms with E-state index < -0.39 is 11.6 Å². The molecule has 2 bridgehead atoms. The highest BCUT2D eigenvalue weighted by Gasteiger charge is 2.51. The molecule has 0 amide bonds. The minimum Gasteiger partial charge on any atom is -0.308 e. The van der Waals surface area contributed by atoms with Crippen molar-refractivity contribution in [3.8, 4) is 0 Å². The van der Waals surface area contributed by atoms with Crippen molar-refractivity contribution < 1.29 is 8.78 Å². The minimum atomic E-state index is -1.48. The topological polar surface area (TPSA) is 24.1 Å². The van der Waals surface area contributed by atoms with Crippen LogP contribution in [0.4, 0.5) is 8.78 Å². The molecular formula is C6H12Cl2F2N2. The van der Waals surface area contributed by atoms with Crippen LogP contribution >= 0.6 is 24.8 Å². The van der Waals surface area contributed by atoms with E-state index in [1.807, 2.05) is 0 Å². The maximum Gasteiger partial charge on any atom is 0.176 e. The molecule has 2 N–H and O–H groups in total. The van der Waals surface area contributed by atoms with E-state index in [9.17, 15) is 8.78 Å². The third kappa shape index (κ3) is 1.99. The summed E-state index contributed by atoms with van der Waals surface area (Å²) < 4.78 is 26.3. The summed E-state index contributed by atoms with van der Waals surface area (Å²) in [6, 6.07) is 0. The molecule has 74 valence electrons. The first-order chi connectivity index (χ1) is 4.62. The lowest BCUT2D eigenvalue weighted by Crippen LogP contribution is -2.60. The first-order valence-electron chi connectivity index (χ1n) is 3.50. The van der Waals surface area contributed by atoms with E-state index in [2.05, 4.69) is 10.6 Å². The van der Waals surface area contributed by atoms with E-state index in [0.717, 1.165) is 0 Å². The Hall–Kier alpha value is 0.360. The zero-order valence-corrected chi connectivity index (χ0v) is 8.03. The monoisotopic (exact) mass is 220 g/mol. The molecule has 2 nitrogen and oxygen atoms in total. The van der Waals surface area contributed by atoms with Crippen molar-refractivity contribution >= 4 is 24.8 Å². The summed E-state index contributed by atoms with van der Waals surface area (Å²) in [6.45, 7) is 0.470. The molecule has 2 fully saturated rings. The molecule has 0 aliphatic carbocycles. The molecule has 0 radical (unpaired) electrons. The van der Waals surface area contributed by atoms with Crippen LogP contribution in [0.5, 0.6) is 0 Å². The van der Waals surface area contributed by atoms with Crippen LogP contribution < -0.4 is 10.6 Å². The highest BCUT2D eigenvalue weighted by atomic mass is 35.5. The van der Waals surface area contributed by atoms with Gasteiger partial charge in [0.2, 0.25) is 0 Å². The first kappa shape index (κ1) is 12.4. The molecule has 0 aromatic rings. The number of piperazine rings is 1. The van der Waals surface area contributed by atoms with Gasteiger partial charge >= 0.3 is 0 Å². The van der Waals surface area contributed by atoms with Gasteiger partial charge in [0.25, 0.3) is 0 Å². The van der Waals surface area contributed by atoms with Crippen LogP contribution in [0, 0.1) is 0 Å². The lowest BCUT2D eigenvalue weighted by atomic mass is 10.2. The van der Waals surface area contributed by atoms with Crippen molar-refractivity contribution in [2.45, 2.75) is 24.4 Å². The van der Waals surface area contributed by atoms with E-state index in [0.29, 0.717) is 0 Å². The number of hydrogen-bond donors (Lipinski definition) is 2. The van der Waals surface area contributed by atoms with Crippen LogP contribution in [0.1, 0.15) is 12.8 Å². The fraction of sp³-hybridized carbons (Fsp3) is 1.00. The normalized spacial score (nSPS) is 44.5. The van der Waals surface area contributed by atoms with Crippen LogP contribution in [-0.2, 0) is 0 Å². The van der Waals surface area contributed by atoms with Gasteiger partial charge in [0, 0.05) is 25.9 Å². The zero-order valence-electron chi connectivity index (χ0n) is 6.40. The molecule has 6 heteroatoms. The second-order valence-electron chi connectivity index (χ2n) is 3.16. The highest BCUT2D eigenvalue weighted by Crippen LogP contribution is 2.34. The van der Waals surface area contributed by atoms with Crippen molar-refractivity contribution in [2.24, 2.45) is 0 Å². The third-order valence-corrected chi connectivity index (χ3v) is 2.18. The third-order valence-electron chi connectivity index (χ3n) is 2.18. The molecule has 0 spiro atoms. The van der Waals surface area contributed by atoms with Gasteiger partial charge in [-0.2, -0.15) is 0 Å². The summed E-state index contributed by atoms with van der Waals surface area (Å²) in [4.78, 5) is 0. The second-order valence-corrected chi connectivity index (χ2v) is 3.16. The Labute approximate surface area is 82.3 Å². The average Bonchev–Trinajstić information content (AvgIpc) is 2.03. The Kier molecular flexibility index (Phi) is 3.73. The summed E-state index contributed by atoms with van der Waals surface area (Å²) in [5, 5.41) is 5.06. The number of rotatable bonds is 0. The Bertz CT molecular complexity index is 156. The van der Waals surface area contributed by atoms with E-state index in [4.69, 9.17) is 0 Å². The molecule has 2 saturated heterocycles. The van der Waals surface area contributed by atoms with Crippen LogP contribution in [0.15, 0.2) is 0 Å². The predicted molar refractivity (Wildman–Crippen MR) is 47.4 cm³/mol. The Morgan fingerprint density at radius 2 is 1.33 bits per heavy atom. The molecule has 2 aliphatic rings. The quantitative estimate of drug-likeness (QED) is 0.599. The van der Waals surface area contributed by atoms with Crippen molar-refractivity contribution in [3.63, 3.8) is 0 Å². The molecule has 2 atom stereocenters. The summed E-state index contributed by atoms with van der Waals surface area (Å²) >= 11 is 0. The number of alkyl halides is 2. The fourth-order valence-electron chi connectivity index (χ4n) is 1.65. The van der Waals surface area contributed by atoms with Crippen molar-refractivity contribution in [1.82, 2.24) is 10.6 Å². The number of halogens is 4. The Balaban J connectivity index is 0.000000605. The predicted octanol–water partition coefficient (Wildman–Crippen LogP) is 1.15. The van der Waals surface area contributed by atoms with Crippen LogP contribution in [0.3, 0.4) is 0 Å². The van der Waals surface area contributed by atoms with E-state index in [1.165, 1.54) is 0 Å². The maximum absolute atomic E-state index is 13.2. The summed E-state index contributed by atoms with van der Waals surface area (Å²) in [6.07, 6.45) is 0.576. The zero-order chi connectivity index (χ0) is 7.24. The Morgan fingerprint density at radius 1 is 0.917 bits per heavy atom. The Morgan fingerprint density at radius 3 is 1.67 bits per heavy atom. The smallest absolute Gasteiger partial charge is 0.176 e. The van der Waals surface area contributed by atoms with Gasteiger partial charge < -0.3 is 5.32 Å². The summed E-state index contributed by atoms with van der Waals surface area (Å²) in [5.74, 6) is -2.96. The summed E-state index contributed by atoms with van der Waals surface area (Å²) in [7, 11) is 0. The van der Waals surface area contributed by atoms with Gasteiger partial charge in [-0.15, -0.1) is 24.8 Å². The largest absolute Gasteiger partial charge is 0.308 e. The molecule has 0 aromatic heterocycles. The molecule has 2 aliphatic heterocycles. The first-order valence-corrected chi connectivity index (χ1v) is 3.50. The van der Waals surface area contributed by atoms with Gasteiger partial charge in [0.1, 0.15) is 0 Å². The summed E-state index contributed by atoms with van der Waals surface area (Å²) in [5.41, 5.74) is 0. The number of nitrogens with one attached hydrogen (secondary N) is 2. The number of fused-ring (bicyclic) bond motifs is 2. The molecule has 2 rings (SSSR count). The van der Waals surface area contributed by atoms with Crippen molar-refractivity contribution in [1.29, 1.82) is 0 Å². The van der Waals surface area contributed by atoms with E-state index >= 15 is 0 Å². The van der Waals surface area contributed by atoms with Gasteiger partial charge in [-0.25, -0.2) is 8.78 Å². The van der Waals surface area contributed by atoms with Crippen LogP contribution in [0.25, 0.3) is 0 Å². The van der Waals surface area contributed by atoms with Gasteiger partial charge in [0.05, 0.1) is 0 Å². The molecule has 0 saturated carbocycles. The SMILES string of the molecule is Cl.Cl.FC12CCC(F)(CNC1)N2. The van der Waals surface area contributed by atoms with Crippen LogP contribution in [-0.4, -0.2) is 24.7 Å². The van der Waals surface area contributed by atoms with Gasteiger partial charge in [-0.1, -0.05) is 0 Å². The molecular weight excluding hydrogens is 209 g/mol.